The molecule has 1 unspecified atom stereocenters. The van der Waals surface area contributed by atoms with E-state index in [1.807, 2.05) is 0 Å². The van der Waals surface area contributed by atoms with Crippen molar-refractivity contribution in [2.24, 2.45) is 0 Å². The Morgan fingerprint density at radius 2 is 1.26 bits per heavy atom. The quantitative estimate of drug-likeness (QED) is 0.401. The van der Waals surface area contributed by atoms with Gasteiger partial charge in [-0.25, -0.2) is 0 Å². The second-order valence-corrected chi connectivity index (χ2v) is 5.66. The first kappa shape index (κ1) is 18.6. The molecule has 0 aliphatic heterocycles. The van der Waals surface area contributed by atoms with Crippen LogP contribution in [0.4, 0.5) is 0 Å². The molecule has 0 aliphatic carbocycles. The molecule has 0 heterocycles. The van der Waals surface area contributed by atoms with Crippen LogP contribution in [0.2, 0.25) is 0 Å². The molecular formula is C17H34O2. The molecule has 0 amide bonds. The summed E-state index contributed by atoms with van der Waals surface area (Å²) in [7, 11) is 1.63. The van der Waals surface area contributed by atoms with Gasteiger partial charge in [-0.3, -0.25) is 4.79 Å². The number of Topliss-reactive ketones (excluding diaryl/α,β-unsaturated/α-hetero) is 1. The first-order chi connectivity index (χ1) is 9.22. The van der Waals surface area contributed by atoms with Crippen molar-refractivity contribution in [3.05, 3.63) is 0 Å². The van der Waals surface area contributed by atoms with E-state index in [1.165, 1.54) is 64.2 Å². The molecule has 0 aromatic heterocycles. The number of carbonyl (C=O) groups is 1. The predicted molar refractivity (Wildman–Crippen MR) is 82.6 cm³/mol. The zero-order valence-corrected chi connectivity index (χ0v) is 13.4. The van der Waals surface area contributed by atoms with Gasteiger partial charge in [0, 0.05) is 7.11 Å². The van der Waals surface area contributed by atoms with E-state index in [0.717, 1.165) is 12.8 Å². The normalized spacial score (nSPS) is 12.6. The number of carbonyl (C=O) groups excluding carboxylic acids is 1. The maximum absolute atomic E-state index is 11.2. The first-order valence-corrected chi connectivity index (χ1v) is 8.25. The average molecular weight is 270 g/mol. The molecule has 2 nitrogen and oxygen atoms in total. The van der Waals surface area contributed by atoms with E-state index in [4.69, 9.17) is 4.74 Å². The van der Waals surface area contributed by atoms with E-state index in [1.54, 1.807) is 14.0 Å². The maximum atomic E-state index is 11.2. The molecule has 0 aromatic rings. The van der Waals surface area contributed by atoms with Crippen LogP contribution >= 0.6 is 0 Å². The minimum atomic E-state index is -0.168. The average Bonchev–Trinajstić information content (AvgIpc) is 2.40. The molecule has 2 heteroatoms. The monoisotopic (exact) mass is 270 g/mol. The van der Waals surface area contributed by atoms with Crippen molar-refractivity contribution in [3.63, 3.8) is 0 Å². The fourth-order valence-corrected chi connectivity index (χ4v) is 2.48. The number of hydrogen-bond acceptors (Lipinski definition) is 2. The number of ketones is 1. The van der Waals surface area contributed by atoms with Crippen LogP contribution < -0.4 is 0 Å². The van der Waals surface area contributed by atoms with Gasteiger partial charge in [0.05, 0.1) is 0 Å². The van der Waals surface area contributed by atoms with Crippen LogP contribution in [0.3, 0.4) is 0 Å². The zero-order valence-electron chi connectivity index (χ0n) is 13.4. The molecule has 0 N–H and O–H groups in total. The molecule has 0 rings (SSSR count). The summed E-state index contributed by atoms with van der Waals surface area (Å²) in [5.74, 6) is 0.162. The summed E-state index contributed by atoms with van der Waals surface area (Å²) in [6.45, 7) is 3.88. The number of ether oxygens (including phenoxy) is 1. The Morgan fingerprint density at radius 1 is 0.842 bits per heavy atom. The van der Waals surface area contributed by atoms with Crippen LogP contribution in [-0.4, -0.2) is 19.0 Å². The predicted octanol–water partition coefficient (Wildman–Crippen LogP) is 5.29. The molecular weight excluding hydrogens is 236 g/mol. The Morgan fingerprint density at radius 3 is 1.63 bits per heavy atom. The highest BCUT2D eigenvalue weighted by atomic mass is 16.5. The van der Waals surface area contributed by atoms with Gasteiger partial charge in [-0.15, -0.1) is 0 Å². The fourth-order valence-electron chi connectivity index (χ4n) is 2.48. The van der Waals surface area contributed by atoms with Gasteiger partial charge >= 0.3 is 0 Å². The molecule has 0 aliphatic rings. The van der Waals surface area contributed by atoms with Crippen LogP contribution in [0.15, 0.2) is 0 Å². The first-order valence-electron chi connectivity index (χ1n) is 8.25. The Kier molecular flexibility index (Phi) is 13.8. The molecule has 0 fully saturated rings. The van der Waals surface area contributed by atoms with Crippen LogP contribution in [0, 0.1) is 0 Å². The van der Waals surface area contributed by atoms with Gasteiger partial charge in [-0.1, -0.05) is 77.6 Å². The minimum Gasteiger partial charge on any atom is -0.374 e. The van der Waals surface area contributed by atoms with E-state index in [2.05, 4.69) is 6.92 Å². The minimum absolute atomic E-state index is 0.162. The van der Waals surface area contributed by atoms with Gasteiger partial charge in [0.15, 0.2) is 5.78 Å². The van der Waals surface area contributed by atoms with E-state index in [-0.39, 0.29) is 11.9 Å². The molecule has 0 aromatic carbocycles. The Hall–Kier alpha value is -0.370. The number of rotatable bonds is 14. The molecule has 0 saturated carbocycles. The van der Waals surface area contributed by atoms with E-state index >= 15 is 0 Å². The molecule has 19 heavy (non-hydrogen) atoms. The lowest BCUT2D eigenvalue weighted by atomic mass is 10.0. The van der Waals surface area contributed by atoms with Gasteiger partial charge in [0.1, 0.15) is 6.10 Å². The smallest absolute Gasteiger partial charge is 0.158 e. The van der Waals surface area contributed by atoms with Crippen molar-refractivity contribution in [1.29, 1.82) is 0 Å². The van der Waals surface area contributed by atoms with Gasteiger partial charge in [-0.05, 0) is 13.3 Å². The van der Waals surface area contributed by atoms with E-state index in [0.29, 0.717) is 0 Å². The highest BCUT2D eigenvalue weighted by Crippen LogP contribution is 2.13. The van der Waals surface area contributed by atoms with Crippen LogP contribution in [0.5, 0.6) is 0 Å². The molecule has 0 spiro atoms. The van der Waals surface area contributed by atoms with Gasteiger partial charge in [0.2, 0.25) is 0 Å². The van der Waals surface area contributed by atoms with Crippen molar-refractivity contribution >= 4 is 5.78 Å². The maximum Gasteiger partial charge on any atom is 0.158 e. The van der Waals surface area contributed by atoms with Crippen LogP contribution in [0.1, 0.15) is 90.9 Å². The summed E-state index contributed by atoms with van der Waals surface area (Å²) in [5, 5.41) is 0. The van der Waals surface area contributed by atoms with Crippen molar-refractivity contribution in [2.45, 2.75) is 97.0 Å². The lowest BCUT2D eigenvalue weighted by Gasteiger charge is -2.11. The van der Waals surface area contributed by atoms with Crippen molar-refractivity contribution in [1.82, 2.24) is 0 Å². The highest BCUT2D eigenvalue weighted by Gasteiger charge is 2.11. The second kappa shape index (κ2) is 14.0. The Bertz CT molecular complexity index is 201. The largest absolute Gasteiger partial charge is 0.374 e. The molecule has 1 atom stereocenters. The number of methoxy groups -OCH3 is 1. The van der Waals surface area contributed by atoms with Crippen molar-refractivity contribution in [3.8, 4) is 0 Å². The topological polar surface area (TPSA) is 26.3 Å². The molecule has 0 saturated heterocycles. The third kappa shape index (κ3) is 12.4. The van der Waals surface area contributed by atoms with E-state index < -0.39 is 0 Å². The van der Waals surface area contributed by atoms with Crippen molar-refractivity contribution < 1.29 is 9.53 Å². The number of hydrogen-bond donors (Lipinski definition) is 0. The summed E-state index contributed by atoms with van der Waals surface area (Å²) in [5.41, 5.74) is 0. The lowest BCUT2D eigenvalue weighted by molar-refractivity contribution is -0.127. The van der Waals surface area contributed by atoms with Crippen molar-refractivity contribution in [2.75, 3.05) is 7.11 Å². The molecule has 114 valence electrons. The van der Waals surface area contributed by atoms with Gasteiger partial charge in [0.25, 0.3) is 0 Å². The summed E-state index contributed by atoms with van der Waals surface area (Å²) in [6, 6.07) is 0. The lowest BCUT2D eigenvalue weighted by Crippen LogP contribution is -2.19. The third-order valence-corrected chi connectivity index (χ3v) is 3.81. The standard InChI is InChI=1S/C17H34O2/c1-4-5-6-7-8-9-10-11-12-13-14-15-17(19-3)16(2)18/h17H,4-15H2,1-3H3. The molecule has 0 radical (unpaired) electrons. The summed E-state index contributed by atoms with van der Waals surface area (Å²) in [6.07, 6.45) is 15.5. The summed E-state index contributed by atoms with van der Waals surface area (Å²) < 4.78 is 5.15. The highest BCUT2D eigenvalue weighted by molar-refractivity contribution is 5.80. The summed E-state index contributed by atoms with van der Waals surface area (Å²) in [4.78, 5) is 11.2. The fraction of sp³-hybridized carbons (Fsp3) is 0.941. The Labute approximate surface area is 120 Å². The SMILES string of the molecule is CCCCCCCCCCCCCC(OC)C(C)=O. The zero-order chi connectivity index (χ0) is 14.3. The van der Waals surface area contributed by atoms with Crippen LogP contribution in [0.25, 0.3) is 0 Å². The molecule has 0 bridgehead atoms. The second-order valence-electron chi connectivity index (χ2n) is 5.66. The number of unbranched alkanes of at least 4 members (excludes halogenated alkanes) is 10. The van der Waals surface area contributed by atoms with Gasteiger partial charge in [-0.2, -0.15) is 0 Å². The Balaban J connectivity index is 3.16. The van der Waals surface area contributed by atoms with E-state index in [9.17, 15) is 4.79 Å². The van der Waals surface area contributed by atoms with Crippen LogP contribution in [-0.2, 0) is 9.53 Å². The van der Waals surface area contributed by atoms with Gasteiger partial charge < -0.3 is 4.74 Å². The summed E-state index contributed by atoms with van der Waals surface area (Å²) >= 11 is 0. The third-order valence-electron chi connectivity index (χ3n) is 3.81.